The number of ether oxygens (including phenoxy) is 1. The fraction of sp³-hybridized carbons (Fsp3) is 0.867. The van der Waals surface area contributed by atoms with Gasteiger partial charge in [0.25, 0.3) is 0 Å². The Hall–Kier alpha value is -1.10. The molecule has 5 heteroatoms. The normalized spacial score (nSPS) is 25.6. The number of nitrogens with two attached hydrogens (primary N) is 1. The van der Waals surface area contributed by atoms with Gasteiger partial charge >= 0.3 is 5.97 Å². The molecule has 0 aromatic heterocycles. The van der Waals surface area contributed by atoms with Gasteiger partial charge in [-0.2, -0.15) is 0 Å². The quantitative estimate of drug-likeness (QED) is 0.723. The highest BCUT2D eigenvalue weighted by Gasteiger charge is 2.34. The smallest absolute Gasteiger partial charge is 0.328 e. The number of methoxy groups -OCH3 is 1. The maximum absolute atomic E-state index is 12.4. The summed E-state index contributed by atoms with van der Waals surface area (Å²) in [5.41, 5.74) is 5.76. The number of carbonyl (C=O) groups excluding carboxylic acids is 2. The number of esters is 1. The molecule has 4 unspecified atom stereocenters. The first-order valence-electron chi connectivity index (χ1n) is 7.63. The molecule has 1 aliphatic rings. The minimum absolute atomic E-state index is 0.0455. The first-order chi connectivity index (χ1) is 9.54. The van der Waals surface area contributed by atoms with Crippen LogP contribution in [0.15, 0.2) is 0 Å². The Labute approximate surface area is 121 Å². The predicted molar refractivity (Wildman–Crippen MR) is 77.9 cm³/mol. The Morgan fingerprint density at radius 2 is 2.00 bits per heavy atom. The van der Waals surface area contributed by atoms with Crippen LogP contribution in [0, 0.1) is 17.8 Å². The van der Waals surface area contributed by atoms with Crippen LogP contribution >= 0.6 is 0 Å². The molecule has 5 nitrogen and oxygen atoms in total. The molecule has 1 saturated carbocycles. The third-order valence-corrected chi connectivity index (χ3v) is 4.51. The lowest BCUT2D eigenvalue weighted by Gasteiger charge is -2.31. The highest BCUT2D eigenvalue weighted by molar-refractivity contribution is 5.86. The Kier molecular flexibility index (Phi) is 6.99. The third kappa shape index (κ3) is 4.20. The number of rotatable bonds is 6. The fourth-order valence-electron chi connectivity index (χ4n) is 2.89. The van der Waals surface area contributed by atoms with E-state index in [9.17, 15) is 9.59 Å². The van der Waals surface area contributed by atoms with Crippen LogP contribution in [0.25, 0.3) is 0 Å². The van der Waals surface area contributed by atoms with Crippen molar-refractivity contribution in [2.75, 3.05) is 13.7 Å². The summed E-state index contributed by atoms with van der Waals surface area (Å²) in [4.78, 5) is 24.3. The van der Waals surface area contributed by atoms with E-state index in [0.29, 0.717) is 6.54 Å². The van der Waals surface area contributed by atoms with Gasteiger partial charge in [-0.1, -0.05) is 33.1 Å². The number of hydrogen-bond donors (Lipinski definition) is 2. The average Bonchev–Trinajstić information content (AvgIpc) is 2.50. The second-order valence-electron chi connectivity index (χ2n) is 5.78. The van der Waals surface area contributed by atoms with Gasteiger partial charge in [0, 0.05) is 5.92 Å². The molecule has 4 atom stereocenters. The van der Waals surface area contributed by atoms with Gasteiger partial charge in [-0.3, -0.25) is 4.79 Å². The largest absolute Gasteiger partial charge is 0.467 e. The summed E-state index contributed by atoms with van der Waals surface area (Å²) >= 11 is 0. The predicted octanol–water partition coefficient (Wildman–Crippen LogP) is 1.46. The standard InChI is InChI=1S/C15H28N2O3/c1-4-10(2)13(15(19)20-3)17-14(18)12-8-6-5-7-11(12)9-16/h10-13H,4-9,16H2,1-3H3,(H,17,18). The minimum atomic E-state index is -0.558. The lowest BCUT2D eigenvalue weighted by Crippen LogP contribution is -2.50. The SMILES string of the molecule is CCC(C)C(NC(=O)C1CCCCC1CN)C(=O)OC. The van der Waals surface area contributed by atoms with Crippen molar-refractivity contribution in [3.8, 4) is 0 Å². The number of nitrogens with one attached hydrogen (secondary N) is 1. The van der Waals surface area contributed by atoms with Gasteiger partial charge in [-0.25, -0.2) is 4.79 Å². The first-order valence-corrected chi connectivity index (χ1v) is 7.63. The summed E-state index contributed by atoms with van der Waals surface area (Å²) in [6.45, 7) is 4.48. The van der Waals surface area contributed by atoms with Crippen molar-refractivity contribution < 1.29 is 14.3 Å². The third-order valence-electron chi connectivity index (χ3n) is 4.51. The van der Waals surface area contributed by atoms with Crippen molar-refractivity contribution in [2.45, 2.75) is 52.0 Å². The van der Waals surface area contributed by atoms with E-state index in [4.69, 9.17) is 10.5 Å². The molecule has 1 fully saturated rings. The molecule has 0 radical (unpaired) electrons. The van der Waals surface area contributed by atoms with E-state index < -0.39 is 6.04 Å². The van der Waals surface area contributed by atoms with E-state index in [-0.39, 0.29) is 29.6 Å². The molecule has 0 bridgehead atoms. The van der Waals surface area contributed by atoms with Gasteiger partial charge in [0.05, 0.1) is 7.11 Å². The molecule has 0 aliphatic heterocycles. The molecular formula is C15H28N2O3. The second kappa shape index (κ2) is 8.25. The molecule has 116 valence electrons. The summed E-state index contributed by atoms with van der Waals surface area (Å²) in [6.07, 6.45) is 4.87. The topological polar surface area (TPSA) is 81.4 Å². The van der Waals surface area contributed by atoms with Crippen molar-refractivity contribution in [3.63, 3.8) is 0 Å². The van der Waals surface area contributed by atoms with E-state index in [1.807, 2.05) is 13.8 Å². The van der Waals surface area contributed by atoms with Crippen molar-refractivity contribution in [3.05, 3.63) is 0 Å². The molecule has 3 N–H and O–H groups in total. The van der Waals surface area contributed by atoms with E-state index in [0.717, 1.165) is 32.1 Å². The van der Waals surface area contributed by atoms with Crippen LogP contribution in [0.4, 0.5) is 0 Å². The van der Waals surface area contributed by atoms with E-state index in [1.165, 1.54) is 7.11 Å². The molecule has 1 amide bonds. The zero-order valence-corrected chi connectivity index (χ0v) is 12.9. The highest BCUT2D eigenvalue weighted by atomic mass is 16.5. The van der Waals surface area contributed by atoms with Crippen molar-refractivity contribution in [1.82, 2.24) is 5.32 Å². The van der Waals surface area contributed by atoms with Crippen molar-refractivity contribution in [1.29, 1.82) is 0 Å². The summed E-state index contributed by atoms with van der Waals surface area (Å²) in [7, 11) is 1.35. The molecule has 0 saturated heterocycles. The van der Waals surface area contributed by atoms with Gasteiger partial charge in [0.15, 0.2) is 0 Å². The fourth-order valence-corrected chi connectivity index (χ4v) is 2.89. The summed E-state index contributed by atoms with van der Waals surface area (Å²) in [5, 5.41) is 2.88. The van der Waals surface area contributed by atoms with Gasteiger partial charge in [0.1, 0.15) is 6.04 Å². The van der Waals surface area contributed by atoms with Crippen LogP contribution in [-0.2, 0) is 14.3 Å². The van der Waals surface area contributed by atoms with Crippen LogP contribution in [0.5, 0.6) is 0 Å². The monoisotopic (exact) mass is 284 g/mol. The lowest BCUT2D eigenvalue weighted by molar-refractivity contribution is -0.147. The Morgan fingerprint density at radius 3 is 2.55 bits per heavy atom. The van der Waals surface area contributed by atoms with Gasteiger partial charge in [0.2, 0.25) is 5.91 Å². The van der Waals surface area contributed by atoms with Gasteiger partial charge < -0.3 is 15.8 Å². The maximum atomic E-state index is 12.4. The Balaban J connectivity index is 2.71. The first kappa shape index (κ1) is 17.0. The van der Waals surface area contributed by atoms with E-state index in [1.54, 1.807) is 0 Å². The molecule has 0 heterocycles. The van der Waals surface area contributed by atoms with Crippen molar-refractivity contribution in [2.24, 2.45) is 23.5 Å². The zero-order chi connectivity index (χ0) is 15.1. The van der Waals surface area contributed by atoms with Crippen molar-refractivity contribution >= 4 is 11.9 Å². The Bertz CT molecular complexity index is 333. The van der Waals surface area contributed by atoms with E-state index >= 15 is 0 Å². The minimum Gasteiger partial charge on any atom is -0.467 e. The van der Waals surface area contributed by atoms with Crippen LogP contribution < -0.4 is 11.1 Å². The maximum Gasteiger partial charge on any atom is 0.328 e. The van der Waals surface area contributed by atoms with Crippen LogP contribution in [0.2, 0.25) is 0 Å². The molecular weight excluding hydrogens is 256 g/mol. The molecule has 20 heavy (non-hydrogen) atoms. The number of carbonyl (C=O) groups is 2. The zero-order valence-electron chi connectivity index (χ0n) is 12.9. The summed E-state index contributed by atoms with van der Waals surface area (Å²) < 4.78 is 4.80. The molecule has 0 aromatic carbocycles. The van der Waals surface area contributed by atoms with Crippen LogP contribution in [0.3, 0.4) is 0 Å². The number of amides is 1. The van der Waals surface area contributed by atoms with Gasteiger partial charge in [-0.05, 0) is 31.2 Å². The van der Waals surface area contributed by atoms with Crippen LogP contribution in [0.1, 0.15) is 46.0 Å². The number of hydrogen-bond acceptors (Lipinski definition) is 4. The van der Waals surface area contributed by atoms with E-state index in [2.05, 4.69) is 5.32 Å². The molecule has 1 rings (SSSR count). The van der Waals surface area contributed by atoms with Crippen LogP contribution in [-0.4, -0.2) is 31.6 Å². The summed E-state index contributed by atoms with van der Waals surface area (Å²) in [5.74, 6) is -0.182. The second-order valence-corrected chi connectivity index (χ2v) is 5.78. The highest BCUT2D eigenvalue weighted by Crippen LogP contribution is 2.29. The molecule has 1 aliphatic carbocycles. The Morgan fingerprint density at radius 1 is 1.35 bits per heavy atom. The lowest BCUT2D eigenvalue weighted by atomic mass is 9.78. The summed E-state index contributed by atoms with van der Waals surface area (Å²) in [6, 6.07) is -0.558. The average molecular weight is 284 g/mol. The molecule has 0 aromatic rings. The molecule has 0 spiro atoms. The van der Waals surface area contributed by atoms with Gasteiger partial charge in [-0.15, -0.1) is 0 Å².